The third kappa shape index (κ3) is 84600. The zero-order chi connectivity index (χ0) is 8.08. The smallest absolute Gasteiger partial charge is 2.00 e. The first kappa shape index (κ1) is 16.5. The standard InChI is InChI=1S/CH4N2O.Mn.4O.Zn/c2-1(3)4;;;;;;/h(H4,2,3,4);;;;;;/q;;;;2*-1;+2. The van der Waals surface area contributed by atoms with Crippen LogP contribution in [0.15, 0.2) is 0 Å². The van der Waals surface area contributed by atoms with Crippen LogP contribution in [0.1, 0.15) is 0 Å². The summed E-state index contributed by atoms with van der Waals surface area (Å²) in [6, 6.07) is -0.833. The van der Waals surface area contributed by atoms with Crippen LogP contribution in [0.5, 0.6) is 0 Å². The summed E-state index contributed by atoms with van der Waals surface area (Å²) in [4.78, 5) is 9.00. The predicted molar refractivity (Wildman–Crippen MR) is 15.1 cm³/mol. The van der Waals surface area contributed by atoms with Crippen LogP contribution in [0.4, 0.5) is 4.79 Å². The van der Waals surface area contributed by atoms with Crippen molar-refractivity contribution >= 4 is 6.03 Å². The van der Waals surface area contributed by atoms with Crippen molar-refractivity contribution in [2.45, 2.75) is 0 Å². The van der Waals surface area contributed by atoms with Crippen molar-refractivity contribution in [1.29, 1.82) is 0 Å². The molecule has 0 saturated heterocycles. The van der Waals surface area contributed by atoms with Gasteiger partial charge in [0.2, 0.25) is 0 Å². The Hall–Kier alpha value is -0.0671. The number of amides is 2. The molecule has 0 unspecified atom stereocenters. The molecule has 0 saturated carbocycles. The minimum absolute atomic E-state index is 0. The van der Waals surface area contributed by atoms with E-state index < -0.39 is 19.4 Å². The van der Waals surface area contributed by atoms with Gasteiger partial charge < -0.3 is 11.5 Å². The fraction of sp³-hybridized carbons (Fsp3) is 0. The Morgan fingerprint density at radius 1 is 1.20 bits per heavy atom. The van der Waals surface area contributed by atoms with Crippen molar-refractivity contribution in [3.63, 3.8) is 0 Å². The molecule has 0 aromatic heterocycles. The summed E-state index contributed by atoms with van der Waals surface area (Å²) in [5, 5.41) is 0. The number of hydrogen-bond donors (Lipinski definition) is 2. The quantitative estimate of drug-likeness (QED) is 0.422. The van der Waals surface area contributed by atoms with Crippen LogP contribution in [0.3, 0.4) is 0 Å². The van der Waals surface area contributed by atoms with Crippen molar-refractivity contribution in [2.24, 2.45) is 11.5 Å². The Morgan fingerprint density at radius 3 is 1.20 bits per heavy atom. The molecule has 4 N–H and O–H groups in total. The number of primary amides is 2. The third-order valence-corrected chi connectivity index (χ3v) is 0. The molecule has 0 radical (unpaired) electrons. The maximum Gasteiger partial charge on any atom is 2.00 e. The van der Waals surface area contributed by atoms with Gasteiger partial charge in [-0.05, 0) is 0 Å². The number of carbonyl (C=O) groups is 1. The first-order valence-electron chi connectivity index (χ1n) is 1.40. The minimum Gasteiger partial charge on any atom is 2.00 e. The number of rotatable bonds is 0. The Kier molecular flexibility index (Phi) is 11.6. The van der Waals surface area contributed by atoms with E-state index in [4.69, 9.17) is 20.8 Å². The van der Waals surface area contributed by atoms with Crippen LogP contribution in [0.25, 0.3) is 0 Å². The van der Waals surface area contributed by atoms with Crippen molar-refractivity contribution in [3.05, 3.63) is 0 Å². The summed E-state index contributed by atoms with van der Waals surface area (Å²) in [5.74, 6) is 0. The topological polar surface area (TPSA) is 149 Å². The molecule has 2 amide bonds. The predicted octanol–water partition coefficient (Wildman–Crippen LogP) is -3.60. The SMILES string of the molecule is NC(N)=O.[O]=[Mn](=[O])([O-])[O-].[Zn+2]. The second-order valence-electron chi connectivity index (χ2n) is 0.780. The zero-order valence-corrected chi connectivity index (χ0v) is 8.93. The summed E-state index contributed by atoms with van der Waals surface area (Å²) in [6.45, 7) is 0. The number of urea groups is 1. The van der Waals surface area contributed by atoms with Gasteiger partial charge in [-0.15, -0.1) is 0 Å². The van der Waals surface area contributed by atoms with Crippen LogP contribution in [-0.2, 0) is 40.5 Å². The second kappa shape index (κ2) is 7.04. The molecular weight excluding hydrogens is 240 g/mol. The van der Waals surface area contributed by atoms with E-state index in [0.29, 0.717) is 0 Å². The molecule has 57 valence electrons. The van der Waals surface area contributed by atoms with Crippen LogP contribution in [0.2, 0.25) is 0 Å². The van der Waals surface area contributed by atoms with Gasteiger partial charge in [-0.1, -0.05) is 0 Å². The van der Waals surface area contributed by atoms with Gasteiger partial charge in [0.05, 0.1) is 0 Å². The second-order valence-corrected chi connectivity index (χ2v) is 1.96. The van der Waals surface area contributed by atoms with Crippen LogP contribution < -0.4 is 19.8 Å². The van der Waals surface area contributed by atoms with Gasteiger partial charge in [0, 0.05) is 0 Å². The van der Waals surface area contributed by atoms with E-state index >= 15 is 0 Å². The largest absolute Gasteiger partial charge is 2.00 e. The van der Waals surface area contributed by atoms with Crippen molar-refractivity contribution in [1.82, 2.24) is 0 Å². The third-order valence-electron chi connectivity index (χ3n) is 0. The molecule has 0 heterocycles. The summed E-state index contributed by atoms with van der Waals surface area (Å²) in [5.41, 5.74) is 8.50. The number of carbonyl (C=O) groups excluding carboxylic acids is 1. The van der Waals surface area contributed by atoms with Crippen molar-refractivity contribution in [3.8, 4) is 0 Å². The maximum absolute atomic E-state index is 9.00. The molecule has 0 aromatic rings. The first-order valence-corrected chi connectivity index (χ1v) is 3.33. The van der Waals surface area contributed by atoms with E-state index in [-0.39, 0.29) is 19.5 Å². The molecule has 10 heavy (non-hydrogen) atoms. The molecule has 0 fully saturated rings. The summed E-state index contributed by atoms with van der Waals surface area (Å²) in [7, 11) is 0. The minimum atomic E-state index is -5.62. The zero-order valence-electron chi connectivity index (χ0n) is 4.78. The van der Waals surface area contributed by atoms with Crippen molar-refractivity contribution in [2.75, 3.05) is 0 Å². The van der Waals surface area contributed by atoms with Gasteiger partial charge in [0.25, 0.3) is 0 Å². The van der Waals surface area contributed by atoms with Gasteiger partial charge in [-0.3, -0.25) is 0 Å². The van der Waals surface area contributed by atoms with Gasteiger partial charge >= 0.3 is 54.9 Å². The van der Waals surface area contributed by atoms with Gasteiger partial charge in [-0.2, -0.15) is 0 Å². The van der Waals surface area contributed by atoms with Crippen molar-refractivity contribution < 1.29 is 53.7 Å². The maximum atomic E-state index is 9.00. The average molecular weight is 244 g/mol. The fourth-order valence-electron chi connectivity index (χ4n) is 0. The molecule has 0 aliphatic heterocycles. The molecule has 0 atom stereocenters. The molecular formula is CH4MnN2O5Zn. The van der Waals surface area contributed by atoms with E-state index in [0.717, 1.165) is 0 Å². The Balaban J connectivity index is -0.0000000910. The monoisotopic (exact) mass is 243 g/mol. The number of hydrogen-bond acceptors (Lipinski definition) is 5. The van der Waals surface area contributed by atoms with E-state index in [1.807, 2.05) is 0 Å². The Morgan fingerprint density at radius 2 is 1.20 bits per heavy atom. The van der Waals surface area contributed by atoms with E-state index in [9.17, 15) is 0 Å². The van der Waals surface area contributed by atoms with E-state index in [1.54, 1.807) is 0 Å². The normalized spacial score (nSPS) is 8.20. The van der Waals surface area contributed by atoms with Crippen LogP contribution in [0, 0.1) is 0 Å². The average Bonchev–Trinajstić information content (AvgIpc) is 1.19. The molecule has 0 aromatic carbocycles. The first-order chi connectivity index (χ1) is 3.73. The molecule has 0 bridgehead atoms. The Bertz CT molecular complexity index is 162. The molecule has 0 rings (SSSR count). The fourth-order valence-corrected chi connectivity index (χ4v) is 0. The molecule has 0 aliphatic rings. The van der Waals surface area contributed by atoms with E-state index in [2.05, 4.69) is 11.5 Å². The number of nitrogens with two attached hydrogens (primary N) is 2. The van der Waals surface area contributed by atoms with Crippen LogP contribution in [-0.4, -0.2) is 6.03 Å². The summed E-state index contributed by atoms with van der Waals surface area (Å²) < 4.78 is 34.3. The summed E-state index contributed by atoms with van der Waals surface area (Å²) >= 11 is -5.62. The molecule has 0 aliphatic carbocycles. The van der Waals surface area contributed by atoms with Gasteiger partial charge in [0.15, 0.2) is 0 Å². The van der Waals surface area contributed by atoms with Crippen LogP contribution >= 0.6 is 0 Å². The molecule has 9 heteroatoms. The van der Waals surface area contributed by atoms with E-state index in [1.165, 1.54) is 0 Å². The van der Waals surface area contributed by atoms with Gasteiger partial charge in [0.1, 0.15) is 0 Å². The molecule has 7 nitrogen and oxygen atoms in total. The Labute approximate surface area is 71.4 Å². The summed E-state index contributed by atoms with van der Waals surface area (Å²) in [6.07, 6.45) is 0. The van der Waals surface area contributed by atoms with Gasteiger partial charge in [-0.25, -0.2) is 4.79 Å². The molecule has 0 spiro atoms.